The maximum Gasteiger partial charge on any atom is 0.267 e. The van der Waals surface area contributed by atoms with Gasteiger partial charge in [0, 0.05) is 30.3 Å². The van der Waals surface area contributed by atoms with E-state index in [1.165, 1.54) is 62.5 Å². The van der Waals surface area contributed by atoms with E-state index >= 15 is 0 Å². The van der Waals surface area contributed by atoms with Gasteiger partial charge in [-0.3, -0.25) is 19.6 Å². The number of aliphatic hydroxyl groups is 1. The number of carbonyl (C=O) groups excluding carboxylic acids is 2. The Morgan fingerprint density at radius 2 is 2.03 bits per heavy atom. The molecule has 39 heavy (non-hydrogen) atoms. The zero-order chi connectivity index (χ0) is 28.5. The molecule has 4 N–H and O–H groups in total. The number of rotatable bonds is 12. The van der Waals surface area contributed by atoms with Crippen LogP contribution in [0.25, 0.3) is 10.4 Å². The van der Waals surface area contributed by atoms with Gasteiger partial charge in [-0.25, -0.2) is 4.31 Å². The monoisotopic (exact) mass is 553 g/mol. The van der Waals surface area contributed by atoms with Gasteiger partial charge >= 0.3 is 0 Å². The van der Waals surface area contributed by atoms with Crippen LogP contribution in [0.1, 0.15) is 39.3 Å². The van der Waals surface area contributed by atoms with Gasteiger partial charge in [0.15, 0.2) is 0 Å². The third-order valence-corrected chi connectivity index (χ3v) is 6.28. The number of amides is 2. The van der Waals surface area contributed by atoms with Crippen molar-refractivity contribution in [3.63, 3.8) is 0 Å². The summed E-state index contributed by atoms with van der Waals surface area (Å²) in [6.07, 6.45) is 5.01. The van der Waals surface area contributed by atoms with Crippen LogP contribution in [0, 0.1) is 0 Å². The lowest BCUT2D eigenvalue weighted by Crippen LogP contribution is -2.48. The summed E-state index contributed by atoms with van der Waals surface area (Å²) in [4.78, 5) is 34.8. The summed E-state index contributed by atoms with van der Waals surface area (Å²) in [5, 5.41) is 23.6. The Bertz CT molecular complexity index is 1140. The molecule has 2 atom stereocenters. The molecule has 1 aliphatic heterocycles. The van der Waals surface area contributed by atoms with Crippen LogP contribution in [0.5, 0.6) is 0 Å². The predicted octanol–water partition coefficient (Wildman–Crippen LogP) is 2.90. The van der Waals surface area contributed by atoms with Gasteiger partial charge in [-0.05, 0) is 79.7 Å². The average molecular weight is 554 g/mol. The molecular formula is C26H35N9O3S. The molecule has 0 bridgehead atoms. The quantitative estimate of drug-likeness (QED) is 0.0777. The molecule has 0 saturated carbocycles. The molecule has 2 amide bonds. The molecule has 0 aliphatic carbocycles. The highest BCUT2D eigenvalue weighted by Crippen LogP contribution is 2.17. The number of likely N-dealkylation sites (N-methyl/N-ethyl adjacent to an activating group) is 1. The SMILES string of the molecule is C1CCNC1.C=C(NC=NC)SN(C)CC(O)C(Cc1ccccc1)NC(=O)c1ccnc(C(=O)N=[N+]=[N-])c1. The largest absolute Gasteiger partial charge is 0.390 e. The van der Waals surface area contributed by atoms with E-state index in [0.29, 0.717) is 11.4 Å². The lowest BCUT2D eigenvalue weighted by Gasteiger charge is -2.28. The molecular weight excluding hydrogens is 518 g/mol. The fourth-order valence-electron chi connectivity index (χ4n) is 3.59. The Morgan fingerprint density at radius 3 is 2.64 bits per heavy atom. The molecule has 0 radical (unpaired) electrons. The zero-order valence-corrected chi connectivity index (χ0v) is 23.0. The highest BCUT2D eigenvalue weighted by atomic mass is 32.2. The van der Waals surface area contributed by atoms with Crippen molar-refractivity contribution in [3.05, 3.63) is 87.5 Å². The number of aromatic nitrogens is 1. The summed E-state index contributed by atoms with van der Waals surface area (Å²) >= 11 is 1.29. The van der Waals surface area contributed by atoms with Crippen molar-refractivity contribution >= 4 is 30.1 Å². The second kappa shape index (κ2) is 17.7. The Balaban J connectivity index is 0.000000953. The van der Waals surface area contributed by atoms with E-state index < -0.39 is 24.0 Å². The molecule has 1 aromatic heterocycles. The fraction of sp³-hybridized carbons (Fsp3) is 0.385. The van der Waals surface area contributed by atoms with Crippen molar-refractivity contribution < 1.29 is 14.7 Å². The number of hydrogen-bond acceptors (Lipinski definition) is 8. The molecule has 1 aromatic carbocycles. The minimum atomic E-state index is -0.930. The summed E-state index contributed by atoms with van der Waals surface area (Å²) < 4.78 is 1.79. The van der Waals surface area contributed by atoms with Crippen LogP contribution >= 0.6 is 11.9 Å². The second-order valence-corrected chi connectivity index (χ2v) is 9.87. The van der Waals surface area contributed by atoms with Crippen LogP contribution in [-0.4, -0.2) is 78.4 Å². The maximum absolute atomic E-state index is 12.9. The first-order valence-corrected chi connectivity index (χ1v) is 13.2. The molecule has 1 aliphatic rings. The van der Waals surface area contributed by atoms with Crippen molar-refractivity contribution in [2.45, 2.75) is 31.4 Å². The first kappa shape index (κ1) is 31.5. The van der Waals surface area contributed by atoms with E-state index in [0.717, 1.165) is 5.56 Å². The molecule has 3 rings (SSSR count). The van der Waals surface area contributed by atoms with E-state index in [1.807, 2.05) is 30.3 Å². The summed E-state index contributed by atoms with van der Waals surface area (Å²) in [6, 6.07) is 11.5. The number of pyridine rings is 1. The van der Waals surface area contributed by atoms with Crippen LogP contribution in [0.15, 0.2) is 70.4 Å². The molecule has 2 aromatic rings. The molecule has 0 spiro atoms. The molecule has 2 unspecified atom stereocenters. The molecule has 208 valence electrons. The van der Waals surface area contributed by atoms with Crippen LogP contribution in [0.2, 0.25) is 0 Å². The zero-order valence-electron chi connectivity index (χ0n) is 22.2. The summed E-state index contributed by atoms with van der Waals surface area (Å²) in [6.45, 7) is 6.61. The van der Waals surface area contributed by atoms with E-state index in [4.69, 9.17) is 5.53 Å². The summed E-state index contributed by atoms with van der Waals surface area (Å²) in [5.74, 6) is -1.39. The summed E-state index contributed by atoms with van der Waals surface area (Å²) in [5.41, 5.74) is 9.38. The number of azide groups is 1. The highest BCUT2D eigenvalue weighted by molar-refractivity contribution is 8.00. The van der Waals surface area contributed by atoms with Gasteiger partial charge in [0.1, 0.15) is 5.69 Å². The van der Waals surface area contributed by atoms with Crippen LogP contribution < -0.4 is 16.0 Å². The molecule has 1 fully saturated rings. The first-order chi connectivity index (χ1) is 18.8. The normalized spacial score (nSPS) is 14.1. The van der Waals surface area contributed by atoms with Crippen LogP contribution in [0.4, 0.5) is 0 Å². The second-order valence-electron chi connectivity index (χ2n) is 8.58. The third kappa shape index (κ3) is 12.1. The average Bonchev–Trinajstić information content (AvgIpc) is 3.53. The van der Waals surface area contributed by atoms with Gasteiger partial charge in [-0.15, -0.1) is 0 Å². The number of hydrogen-bond donors (Lipinski definition) is 4. The third-order valence-electron chi connectivity index (χ3n) is 5.48. The number of aliphatic imine (C=N–C) groups is 1. The minimum absolute atomic E-state index is 0.149. The maximum atomic E-state index is 12.9. The first-order valence-electron chi connectivity index (χ1n) is 12.4. The van der Waals surface area contributed by atoms with E-state index in [2.05, 4.69) is 42.5 Å². The molecule has 2 heterocycles. The van der Waals surface area contributed by atoms with Crippen LogP contribution in [-0.2, 0) is 6.42 Å². The fourth-order valence-corrected chi connectivity index (χ4v) is 4.30. The Morgan fingerprint density at radius 1 is 1.31 bits per heavy atom. The smallest absolute Gasteiger partial charge is 0.267 e. The summed E-state index contributed by atoms with van der Waals surface area (Å²) in [7, 11) is 3.43. The Labute approximate surface area is 232 Å². The molecule has 13 heteroatoms. The lowest BCUT2D eigenvalue weighted by atomic mass is 10.0. The van der Waals surface area contributed by atoms with Crippen molar-refractivity contribution in [3.8, 4) is 0 Å². The number of nitrogens with zero attached hydrogens (tertiary/aromatic N) is 6. The standard InChI is InChI=1S/C22H26N8O3S.C4H9N/c1-15(26-14-24-2)34-30(3)13-20(31)18(11-16-7-5-4-6-8-16)27-21(32)17-9-10-25-19(12-17)22(33)28-29-23;1-2-4-5-3-1/h4-10,12,14,18,20,31H,1,11,13H2,2-3H3,(H,24,26)(H,27,32);5H,1-4H2. The lowest BCUT2D eigenvalue weighted by molar-refractivity contribution is 0.0803. The van der Waals surface area contributed by atoms with E-state index in [9.17, 15) is 14.7 Å². The van der Waals surface area contributed by atoms with Gasteiger partial charge in [-0.2, -0.15) is 0 Å². The van der Waals surface area contributed by atoms with Gasteiger partial charge in [0.25, 0.3) is 11.8 Å². The van der Waals surface area contributed by atoms with Gasteiger partial charge < -0.3 is 21.1 Å². The Hall–Kier alpha value is -3.74. The highest BCUT2D eigenvalue weighted by Gasteiger charge is 2.24. The van der Waals surface area contributed by atoms with E-state index in [1.54, 1.807) is 18.4 Å². The number of nitrogens with one attached hydrogen (secondary N) is 3. The Kier molecular flexibility index (Phi) is 14.3. The van der Waals surface area contributed by atoms with Gasteiger partial charge in [0.05, 0.1) is 23.5 Å². The van der Waals surface area contributed by atoms with Crippen molar-refractivity contribution in [1.29, 1.82) is 0 Å². The molecule has 12 nitrogen and oxygen atoms in total. The van der Waals surface area contributed by atoms with Gasteiger partial charge in [0.2, 0.25) is 0 Å². The van der Waals surface area contributed by atoms with Crippen molar-refractivity contribution in [2.75, 3.05) is 33.7 Å². The number of benzene rings is 1. The van der Waals surface area contributed by atoms with Crippen molar-refractivity contribution in [2.24, 2.45) is 10.1 Å². The topological polar surface area (TPSA) is 168 Å². The van der Waals surface area contributed by atoms with Crippen LogP contribution in [0.3, 0.4) is 0 Å². The molecule has 1 saturated heterocycles. The number of carbonyl (C=O) groups is 2. The predicted molar refractivity (Wildman–Crippen MR) is 154 cm³/mol. The van der Waals surface area contributed by atoms with E-state index in [-0.39, 0.29) is 17.8 Å². The van der Waals surface area contributed by atoms with Gasteiger partial charge in [-0.1, -0.05) is 36.9 Å². The number of aliphatic hydroxyl groups excluding tert-OH is 1. The minimum Gasteiger partial charge on any atom is -0.390 e. The van der Waals surface area contributed by atoms with Crippen molar-refractivity contribution in [1.82, 2.24) is 25.2 Å².